The summed E-state index contributed by atoms with van der Waals surface area (Å²) in [4.78, 5) is 14.3. The Hall–Kier alpha value is -1.96. The van der Waals surface area contributed by atoms with Crippen molar-refractivity contribution >= 4 is 17.0 Å². The molecule has 8 heteroatoms. The number of hydrogen-bond acceptors (Lipinski definition) is 4. The third kappa shape index (κ3) is 2.79. The van der Waals surface area contributed by atoms with Gasteiger partial charge in [-0.15, -0.1) is 11.3 Å². The van der Waals surface area contributed by atoms with Crippen LogP contribution in [-0.2, 0) is 12.6 Å². The van der Waals surface area contributed by atoms with E-state index in [0.29, 0.717) is 17.5 Å². The Bertz CT molecular complexity index is 652. The van der Waals surface area contributed by atoms with E-state index < -0.39 is 22.4 Å². The Balaban J connectivity index is 2.56. The topological polar surface area (TPSA) is 56.0 Å². The van der Waals surface area contributed by atoms with Crippen LogP contribution in [-0.4, -0.2) is 9.91 Å². The highest BCUT2D eigenvalue weighted by atomic mass is 32.1. The lowest BCUT2D eigenvalue weighted by molar-refractivity contribution is -0.384. The van der Waals surface area contributed by atoms with Crippen molar-refractivity contribution in [2.75, 3.05) is 0 Å². The molecule has 1 aromatic carbocycles. The van der Waals surface area contributed by atoms with Crippen LogP contribution in [0.1, 0.15) is 18.2 Å². The molecule has 0 N–H and O–H groups in total. The maximum atomic E-state index is 12.6. The van der Waals surface area contributed by atoms with E-state index in [1.807, 2.05) is 6.92 Å². The molecular formula is C12H9F3N2O2S. The highest BCUT2D eigenvalue weighted by Crippen LogP contribution is 2.37. The first-order valence-electron chi connectivity index (χ1n) is 5.63. The largest absolute Gasteiger partial charge is 0.416 e. The van der Waals surface area contributed by atoms with Crippen LogP contribution in [0.4, 0.5) is 18.9 Å². The van der Waals surface area contributed by atoms with Crippen LogP contribution in [0.15, 0.2) is 23.6 Å². The fourth-order valence-corrected chi connectivity index (χ4v) is 2.57. The smallest absolute Gasteiger partial charge is 0.258 e. The summed E-state index contributed by atoms with van der Waals surface area (Å²) in [6, 6.07) is 2.47. The molecule has 0 saturated carbocycles. The summed E-state index contributed by atoms with van der Waals surface area (Å²) in [5.74, 6) is 0. The fraction of sp³-hybridized carbons (Fsp3) is 0.250. The number of nitro groups is 1. The molecule has 0 radical (unpaired) electrons. The predicted octanol–water partition coefficient (Wildman–Crippen LogP) is 4.30. The second-order valence-electron chi connectivity index (χ2n) is 3.98. The average Bonchev–Trinajstić information content (AvgIpc) is 2.85. The van der Waals surface area contributed by atoms with E-state index in [1.165, 1.54) is 11.3 Å². The van der Waals surface area contributed by atoms with Crippen molar-refractivity contribution in [1.82, 2.24) is 4.98 Å². The van der Waals surface area contributed by atoms with Crippen molar-refractivity contribution < 1.29 is 18.1 Å². The first-order chi connectivity index (χ1) is 9.32. The third-order valence-electron chi connectivity index (χ3n) is 2.67. The van der Waals surface area contributed by atoms with Crippen LogP contribution in [0.3, 0.4) is 0 Å². The minimum atomic E-state index is -4.61. The standard InChI is InChI=1S/C12H9F3N2O2S/c1-2-8-6-20-11(16-8)9-4-3-7(12(13,14)15)5-10(9)17(18)19/h3-6H,2H2,1H3. The Morgan fingerprint density at radius 1 is 1.40 bits per heavy atom. The van der Waals surface area contributed by atoms with Crippen LogP contribution in [0.2, 0.25) is 0 Å². The molecular weight excluding hydrogens is 293 g/mol. The molecule has 2 aromatic rings. The van der Waals surface area contributed by atoms with Gasteiger partial charge in [0.25, 0.3) is 5.69 Å². The normalized spacial score (nSPS) is 11.6. The molecule has 0 fully saturated rings. The number of hydrogen-bond donors (Lipinski definition) is 0. The third-order valence-corrected chi connectivity index (χ3v) is 3.59. The molecule has 1 aromatic heterocycles. The molecule has 0 atom stereocenters. The summed E-state index contributed by atoms with van der Waals surface area (Å²) >= 11 is 1.18. The number of benzene rings is 1. The lowest BCUT2D eigenvalue weighted by Gasteiger charge is -2.07. The van der Waals surface area contributed by atoms with E-state index in [2.05, 4.69) is 4.98 Å². The van der Waals surface area contributed by atoms with Gasteiger partial charge in [0.15, 0.2) is 0 Å². The lowest BCUT2D eigenvalue weighted by Crippen LogP contribution is -2.06. The monoisotopic (exact) mass is 302 g/mol. The van der Waals surface area contributed by atoms with Gasteiger partial charge in [-0.1, -0.05) is 6.92 Å². The molecule has 0 unspecified atom stereocenters. The first kappa shape index (κ1) is 14.4. The second kappa shape index (κ2) is 5.20. The van der Waals surface area contributed by atoms with Crippen molar-refractivity contribution in [3.05, 3.63) is 45.0 Å². The molecule has 1 heterocycles. The van der Waals surface area contributed by atoms with Crippen molar-refractivity contribution in [2.45, 2.75) is 19.5 Å². The summed E-state index contributed by atoms with van der Waals surface area (Å²) in [5.41, 5.74) is -0.774. The van der Waals surface area contributed by atoms with Gasteiger partial charge in [-0.25, -0.2) is 4.98 Å². The van der Waals surface area contributed by atoms with Gasteiger partial charge in [-0.2, -0.15) is 13.2 Å². The zero-order valence-corrected chi connectivity index (χ0v) is 11.1. The molecule has 0 spiro atoms. The van der Waals surface area contributed by atoms with Gasteiger partial charge in [0.2, 0.25) is 0 Å². The van der Waals surface area contributed by atoms with Crippen molar-refractivity contribution in [3.8, 4) is 10.6 Å². The van der Waals surface area contributed by atoms with Gasteiger partial charge in [0.1, 0.15) is 5.01 Å². The maximum Gasteiger partial charge on any atom is 0.416 e. The van der Waals surface area contributed by atoms with Gasteiger partial charge in [0.05, 0.1) is 21.7 Å². The van der Waals surface area contributed by atoms with Crippen molar-refractivity contribution in [3.63, 3.8) is 0 Å². The number of aromatic nitrogens is 1. The Morgan fingerprint density at radius 3 is 2.60 bits per heavy atom. The van der Waals surface area contributed by atoms with Crippen molar-refractivity contribution in [1.29, 1.82) is 0 Å². The van der Waals surface area contributed by atoms with E-state index in [-0.39, 0.29) is 5.56 Å². The van der Waals surface area contributed by atoms with Crippen LogP contribution in [0, 0.1) is 10.1 Å². The van der Waals surface area contributed by atoms with E-state index in [1.54, 1.807) is 5.38 Å². The molecule has 0 aliphatic heterocycles. The van der Waals surface area contributed by atoms with Gasteiger partial charge >= 0.3 is 6.18 Å². The van der Waals surface area contributed by atoms with Crippen LogP contribution < -0.4 is 0 Å². The van der Waals surface area contributed by atoms with Crippen molar-refractivity contribution in [2.24, 2.45) is 0 Å². The second-order valence-corrected chi connectivity index (χ2v) is 4.84. The molecule has 4 nitrogen and oxygen atoms in total. The molecule has 20 heavy (non-hydrogen) atoms. The lowest BCUT2D eigenvalue weighted by atomic mass is 10.1. The number of alkyl halides is 3. The summed E-state index contributed by atoms with van der Waals surface area (Å²) in [6.45, 7) is 1.87. The molecule has 0 amide bonds. The van der Waals surface area contributed by atoms with Gasteiger partial charge in [0, 0.05) is 11.4 Å². The van der Waals surface area contributed by atoms with Gasteiger partial charge in [-0.05, 0) is 18.6 Å². The zero-order chi connectivity index (χ0) is 14.9. The van der Waals surface area contributed by atoms with E-state index in [4.69, 9.17) is 0 Å². The summed E-state index contributed by atoms with van der Waals surface area (Å²) < 4.78 is 37.8. The SMILES string of the molecule is CCc1csc(-c2ccc(C(F)(F)F)cc2[N+](=O)[O-])n1. The molecule has 0 bridgehead atoms. The quantitative estimate of drug-likeness (QED) is 0.627. The summed E-state index contributed by atoms with van der Waals surface area (Å²) in [7, 11) is 0. The van der Waals surface area contributed by atoms with Gasteiger partial charge < -0.3 is 0 Å². The van der Waals surface area contributed by atoms with E-state index in [9.17, 15) is 23.3 Å². The summed E-state index contributed by atoms with van der Waals surface area (Å²) in [6.07, 6.45) is -3.95. The highest BCUT2D eigenvalue weighted by molar-refractivity contribution is 7.13. The Kier molecular flexibility index (Phi) is 3.76. The predicted molar refractivity (Wildman–Crippen MR) is 68.6 cm³/mol. The van der Waals surface area contributed by atoms with E-state index >= 15 is 0 Å². The van der Waals surface area contributed by atoms with Crippen LogP contribution in [0.5, 0.6) is 0 Å². The highest BCUT2D eigenvalue weighted by Gasteiger charge is 2.33. The molecule has 2 rings (SSSR count). The molecule has 106 valence electrons. The number of thiazole rings is 1. The number of aryl methyl sites for hydroxylation is 1. The minimum Gasteiger partial charge on any atom is -0.258 e. The van der Waals surface area contributed by atoms with E-state index in [0.717, 1.165) is 17.8 Å². The number of nitrogens with zero attached hydrogens (tertiary/aromatic N) is 2. The minimum absolute atomic E-state index is 0.104. The average molecular weight is 302 g/mol. The zero-order valence-electron chi connectivity index (χ0n) is 10.3. The number of halogens is 3. The maximum absolute atomic E-state index is 12.6. The van der Waals surface area contributed by atoms with Crippen LogP contribution in [0.25, 0.3) is 10.6 Å². The summed E-state index contributed by atoms with van der Waals surface area (Å²) in [5, 5.41) is 13.0. The van der Waals surface area contributed by atoms with Gasteiger partial charge in [-0.3, -0.25) is 10.1 Å². The number of nitro benzene ring substituents is 1. The fourth-order valence-electron chi connectivity index (χ4n) is 1.63. The Morgan fingerprint density at radius 2 is 2.10 bits per heavy atom. The van der Waals surface area contributed by atoms with Crippen LogP contribution >= 0.6 is 11.3 Å². The molecule has 0 aliphatic carbocycles. The molecule has 0 aliphatic rings. The number of rotatable bonds is 3. The first-order valence-corrected chi connectivity index (χ1v) is 6.51. The molecule has 0 saturated heterocycles. The Labute approximate surface area is 116 Å².